The molecular weight excluding hydrogens is 294 g/mol. The van der Waals surface area contributed by atoms with E-state index in [-0.39, 0.29) is 11.5 Å². The average molecular weight is 309 g/mol. The molecule has 0 aromatic carbocycles. The molecule has 4 nitrogen and oxygen atoms in total. The fourth-order valence-electron chi connectivity index (χ4n) is 2.04. The number of amides is 1. The largest absolute Gasteiger partial charge is 0.478 e. The molecule has 6 heteroatoms. The van der Waals surface area contributed by atoms with E-state index in [4.69, 9.17) is 0 Å². The molecule has 0 fully saturated rings. The lowest BCUT2D eigenvalue weighted by atomic mass is 10.1. The standard InChI is InChI=1S/C14H15NO3S2/c1-4-9-8(3)20-13(11(9)14(17)18)15-12(16)10-6-5-7(2)19-10/h5-6H,4H2,1-3H3,(H,15,16)(H,17,18). The lowest BCUT2D eigenvalue weighted by Gasteiger charge is -2.03. The van der Waals surface area contributed by atoms with Crippen LogP contribution in [0.4, 0.5) is 5.00 Å². The van der Waals surface area contributed by atoms with Gasteiger partial charge in [0.15, 0.2) is 0 Å². The van der Waals surface area contributed by atoms with Crippen molar-refractivity contribution >= 4 is 39.6 Å². The number of aryl methyl sites for hydroxylation is 2. The monoisotopic (exact) mass is 309 g/mol. The van der Waals surface area contributed by atoms with Gasteiger partial charge in [0.1, 0.15) is 5.00 Å². The third-order valence-electron chi connectivity index (χ3n) is 2.97. The molecule has 2 aromatic heterocycles. The van der Waals surface area contributed by atoms with Gasteiger partial charge in [-0.2, -0.15) is 0 Å². The van der Waals surface area contributed by atoms with Crippen molar-refractivity contribution < 1.29 is 14.7 Å². The number of carboxylic acid groups (broad SMARTS) is 1. The van der Waals surface area contributed by atoms with Gasteiger partial charge < -0.3 is 10.4 Å². The molecule has 2 rings (SSSR count). The Hall–Kier alpha value is -1.66. The Balaban J connectivity index is 2.34. The van der Waals surface area contributed by atoms with E-state index in [1.165, 1.54) is 22.7 Å². The van der Waals surface area contributed by atoms with Gasteiger partial charge in [0, 0.05) is 9.75 Å². The van der Waals surface area contributed by atoms with Crippen molar-refractivity contribution in [1.82, 2.24) is 0 Å². The molecule has 1 amide bonds. The zero-order valence-corrected chi connectivity index (χ0v) is 13.1. The highest BCUT2D eigenvalue weighted by Crippen LogP contribution is 2.34. The van der Waals surface area contributed by atoms with Gasteiger partial charge in [-0.25, -0.2) is 4.79 Å². The summed E-state index contributed by atoms with van der Waals surface area (Å²) in [5.41, 5.74) is 1.01. The van der Waals surface area contributed by atoms with E-state index in [0.717, 1.165) is 15.3 Å². The molecular formula is C14H15NO3S2. The molecule has 2 N–H and O–H groups in total. The zero-order valence-electron chi connectivity index (χ0n) is 11.4. The first-order chi connectivity index (χ1) is 9.43. The van der Waals surface area contributed by atoms with E-state index >= 15 is 0 Å². The second kappa shape index (κ2) is 5.76. The molecule has 0 spiro atoms. The number of rotatable bonds is 4. The van der Waals surface area contributed by atoms with Crippen LogP contribution in [0.25, 0.3) is 0 Å². The number of hydrogen-bond acceptors (Lipinski definition) is 4. The van der Waals surface area contributed by atoms with Crippen LogP contribution in [-0.2, 0) is 6.42 Å². The normalized spacial score (nSPS) is 10.6. The Morgan fingerprint density at radius 3 is 2.45 bits per heavy atom. The molecule has 0 saturated heterocycles. The van der Waals surface area contributed by atoms with Crippen molar-refractivity contribution in [3.05, 3.63) is 37.9 Å². The fourth-order valence-corrected chi connectivity index (χ4v) is 3.93. The van der Waals surface area contributed by atoms with Crippen LogP contribution in [0.15, 0.2) is 12.1 Å². The third kappa shape index (κ3) is 2.76. The van der Waals surface area contributed by atoms with Gasteiger partial charge in [-0.15, -0.1) is 22.7 Å². The van der Waals surface area contributed by atoms with E-state index in [0.29, 0.717) is 16.3 Å². The van der Waals surface area contributed by atoms with Crippen molar-refractivity contribution in [1.29, 1.82) is 0 Å². The Labute approximate surface area is 125 Å². The maximum Gasteiger partial charge on any atom is 0.339 e. The Bertz CT molecular complexity index is 670. The molecule has 0 unspecified atom stereocenters. The van der Waals surface area contributed by atoms with E-state index in [2.05, 4.69) is 5.32 Å². The Morgan fingerprint density at radius 1 is 1.25 bits per heavy atom. The van der Waals surface area contributed by atoms with E-state index < -0.39 is 5.97 Å². The summed E-state index contributed by atoms with van der Waals surface area (Å²) in [6.45, 7) is 5.71. The summed E-state index contributed by atoms with van der Waals surface area (Å²) >= 11 is 2.71. The number of aromatic carboxylic acids is 1. The number of carbonyl (C=O) groups excluding carboxylic acids is 1. The van der Waals surface area contributed by atoms with E-state index in [1.54, 1.807) is 6.07 Å². The second-order valence-corrected chi connectivity index (χ2v) is 6.88. The van der Waals surface area contributed by atoms with Gasteiger partial charge in [-0.3, -0.25) is 4.79 Å². The summed E-state index contributed by atoms with van der Waals surface area (Å²) in [6, 6.07) is 3.62. The van der Waals surface area contributed by atoms with Crippen LogP contribution in [0, 0.1) is 13.8 Å². The number of nitrogens with one attached hydrogen (secondary N) is 1. The summed E-state index contributed by atoms with van der Waals surface area (Å²) in [7, 11) is 0. The summed E-state index contributed by atoms with van der Waals surface area (Å²) in [4.78, 5) is 26.1. The van der Waals surface area contributed by atoms with Gasteiger partial charge in [-0.05, 0) is 38.0 Å². The third-order valence-corrected chi connectivity index (χ3v) is 5.03. The molecule has 0 aliphatic carbocycles. The van der Waals surface area contributed by atoms with Gasteiger partial charge in [0.2, 0.25) is 0 Å². The van der Waals surface area contributed by atoms with E-state index in [1.807, 2.05) is 26.8 Å². The lowest BCUT2D eigenvalue weighted by Crippen LogP contribution is -2.12. The van der Waals surface area contributed by atoms with Crippen LogP contribution in [-0.4, -0.2) is 17.0 Å². The molecule has 0 atom stereocenters. The summed E-state index contributed by atoms with van der Waals surface area (Å²) in [5, 5.41) is 12.5. The highest BCUT2D eigenvalue weighted by molar-refractivity contribution is 7.17. The Kier molecular flexibility index (Phi) is 4.25. The quantitative estimate of drug-likeness (QED) is 0.899. The van der Waals surface area contributed by atoms with Crippen LogP contribution < -0.4 is 5.32 Å². The average Bonchev–Trinajstić information content (AvgIpc) is 2.92. The molecule has 0 saturated carbocycles. The zero-order chi connectivity index (χ0) is 14.9. The maximum absolute atomic E-state index is 12.1. The minimum Gasteiger partial charge on any atom is -0.478 e. The first kappa shape index (κ1) is 14.7. The molecule has 20 heavy (non-hydrogen) atoms. The highest BCUT2D eigenvalue weighted by Gasteiger charge is 2.22. The molecule has 2 heterocycles. The number of carboxylic acids is 1. The van der Waals surface area contributed by atoms with Crippen molar-refractivity contribution in [2.45, 2.75) is 27.2 Å². The van der Waals surface area contributed by atoms with Crippen LogP contribution >= 0.6 is 22.7 Å². The number of thiophene rings is 2. The Morgan fingerprint density at radius 2 is 1.95 bits per heavy atom. The predicted molar refractivity (Wildman–Crippen MR) is 82.4 cm³/mol. The molecule has 0 radical (unpaired) electrons. The van der Waals surface area contributed by atoms with E-state index in [9.17, 15) is 14.7 Å². The summed E-state index contributed by atoms with van der Waals surface area (Å²) in [5.74, 6) is -1.25. The second-order valence-electron chi connectivity index (χ2n) is 4.36. The predicted octanol–water partition coefficient (Wildman–Crippen LogP) is 3.94. The van der Waals surface area contributed by atoms with Crippen molar-refractivity contribution in [2.75, 3.05) is 5.32 Å². The number of hydrogen-bond donors (Lipinski definition) is 2. The fraction of sp³-hybridized carbons (Fsp3) is 0.286. The SMILES string of the molecule is CCc1c(C)sc(NC(=O)c2ccc(C)s2)c1C(=O)O. The van der Waals surface area contributed by atoms with Crippen LogP contribution in [0.2, 0.25) is 0 Å². The molecule has 0 aliphatic rings. The summed E-state index contributed by atoms with van der Waals surface area (Å²) < 4.78 is 0. The molecule has 2 aromatic rings. The van der Waals surface area contributed by atoms with Crippen molar-refractivity contribution in [3.63, 3.8) is 0 Å². The van der Waals surface area contributed by atoms with Crippen molar-refractivity contribution in [2.24, 2.45) is 0 Å². The molecule has 0 bridgehead atoms. The van der Waals surface area contributed by atoms with Gasteiger partial charge in [-0.1, -0.05) is 6.92 Å². The number of carbonyl (C=O) groups is 2. The van der Waals surface area contributed by atoms with Gasteiger partial charge in [0.25, 0.3) is 5.91 Å². The van der Waals surface area contributed by atoms with Crippen molar-refractivity contribution in [3.8, 4) is 0 Å². The smallest absolute Gasteiger partial charge is 0.339 e. The molecule has 0 aliphatic heterocycles. The molecule has 106 valence electrons. The summed E-state index contributed by atoms with van der Waals surface area (Å²) in [6.07, 6.45) is 0.637. The van der Waals surface area contributed by atoms with Crippen LogP contribution in [0.3, 0.4) is 0 Å². The van der Waals surface area contributed by atoms with Crippen LogP contribution in [0.5, 0.6) is 0 Å². The first-order valence-corrected chi connectivity index (χ1v) is 7.80. The van der Waals surface area contributed by atoms with Crippen LogP contribution in [0.1, 0.15) is 42.3 Å². The number of anilines is 1. The topological polar surface area (TPSA) is 66.4 Å². The highest BCUT2D eigenvalue weighted by atomic mass is 32.1. The minimum absolute atomic E-state index is 0.219. The lowest BCUT2D eigenvalue weighted by molar-refractivity contribution is 0.0697. The van der Waals surface area contributed by atoms with Gasteiger partial charge >= 0.3 is 5.97 Å². The van der Waals surface area contributed by atoms with Gasteiger partial charge in [0.05, 0.1) is 10.4 Å². The minimum atomic E-state index is -0.996. The first-order valence-electron chi connectivity index (χ1n) is 6.17. The maximum atomic E-state index is 12.1.